The molecule has 0 rings (SSSR count). The first-order chi connectivity index (χ1) is 2.73. The summed E-state index contributed by atoms with van der Waals surface area (Å²) in [7, 11) is 2.72. The van der Waals surface area contributed by atoms with Gasteiger partial charge >= 0.3 is 6.16 Å². The fourth-order valence-corrected chi connectivity index (χ4v) is 0. The Bertz CT molecular complexity index is 40.1. The Balaban J connectivity index is 0. The molecule has 0 saturated heterocycles. The van der Waals surface area contributed by atoms with Crippen LogP contribution in [0.5, 0.6) is 0 Å². The fraction of sp³-hybridized carbons (Fsp3) is 0. The van der Waals surface area contributed by atoms with Gasteiger partial charge in [-0.1, -0.05) is 6.30 Å². The van der Waals surface area contributed by atoms with Crippen LogP contribution in [0.4, 0.5) is 4.79 Å². The predicted molar refractivity (Wildman–Crippen MR) is 26.1 cm³/mol. The van der Waals surface area contributed by atoms with Gasteiger partial charge in [0.05, 0.1) is 0 Å². The van der Waals surface area contributed by atoms with E-state index in [0.717, 1.165) is 0 Å². The lowest BCUT2D eigenvalue weighted by molar-refractivity contribution is 0.137. The van der Waals surface area contributed by atoms with Crippen molar-refractivity contribution in [3.05, 3.63) is 0 Å². The molecular weight excluding hydrogens is 103 g/mol. The summed E-state index contributed by atoms with van der Waals surface area (Å²) < 4.78 is 0. The van der Waals surface area contributed by atoms with Crippen LogP contribution >= 0.6 is 8.86 Å². The molecule has 0 aromatic rings. The zero-order valence-electron chi connectivity index (χ0n) is 3.01. The number of carboxylic acid groups (broad SMARTS) is 2. The average molecular weight is 108 g/mol. The van der Waals surface area contributed by atoms with E-state index in [1.807, 2.05) is 0 Å². The minimum atomic E-state index is -1.83. The maximum atomic E-state index is 8.56. The fourth-order valence-electron chi connectivity index (χ4n) is 0. The molecule has 0 unspecified atom stereocenters. The molecule has 0 atom stereocenters. The van der Waals surface area contributed by atoms with E-state index < -0.39 is 6.16 Å². The summed E-state index contributed by atoms with van der Waals surface area (Å²) in [5.74, 6) is 0. The SMILES string of the molecule is C=P.O=C(O)O. The van der Waals surface area contributed by atoms with Gasteiger partial charge in [0.15, 0.2) is 0 Å². The lowest BCUT2D eigenvalue weighted by Crippen LogP contribution is -1.81. The summed E-state index contributed by atoms with van der Waals surface area (Å²) in [6.07, 6.45) is 1.22. The summed E-state index contributed by atoms with van der Waals surface area (Å²) in [5, 5.41) is 13.9. The number of hydrogen-bond acceptors (Lipinski definition) is 1. The van der Waals surface area contributed by atoms with Crippen molar-refractivity contribution in [2.45, 2.75) is 0 Å². The van der Waals surface area contributed by atoms with Crippen molar-refractivity contribution in [3.8, 4) is 0 Å². The molecule has 36 valence electrons. The molecule has 0 aliphatic rings. The highest BCUT2D eigenvalue weighted by Crippen LogP contribution is 1.42. The van der Waals surface area contributed by atoms with Gasteiger partial charge in [-0.3, -0.25) is 0 Å². The minimum Gasteiger partial charge on any atom is -0.450 e. The van der Waals surface area contributed by atoms with Gasteiger partial charge in [-0.15, -0.1) is 8.86 Å². The first-order valence-corrected chi connectivity index (χ1v) is 1.71. The molecule has 0 saturated carbocycles. The summed E-state index contributed by atoms with van der Waals surface area (Å²) in [6.45, 7) is 0. The van der Waals surface area contributed by atoms with E-state index in [0.29, 0.717) is 0 Å². The van der Waals surface area contributed by atoms with Gasteiger partial charge in [0.1, 0.15) is 0 Å². The van der Waals surface area contributed by atoms with E-state index >= 15 is 0 Å². The van der Waals surface area contributed by atoms with E-state index in [9.17, 15) is 0 Å². The van der Waals surface area contributed by atoms with E-state index in [2.05, 4.69) is 15.2 Å². The lowest BCUT2D eigenvalue weighted by Gasteiger charge is -1.60. The highest BCUT2D eigenvalue weighted by atomic mass is 31.0. The van der Waals surface area contributed by atoms with Crippen molar-refractivity contribution in [3.63, 3.8) is 0 Å². The van der Waals surface area contributed by atoms with Crippen LogP contribution in [0, 0.1) is 0 Å². The van der Waals surface area contributed by atoms with Crippen molar-refractivity contribution in [2.75, 3.05) is 0 Å². The zero-order chi connectivity index (χ0) is 5.58. The number of carbonyl (C=O) groups is 1. The molecular formula is C2H5O3P. The Kier molecular flexibility index (Phi) is 13.3. The molecule has 0 bridgehead atoms. The third kappa shape index (κ3) is 65.3. The standard InChI is InChI=1S/CH2O3.CH3P/c2-1(3)4;1-2/h(H2,2,3,4);2H,1H2. The van der Waals surface area contributed by atoms with Gasteiger partial charge in [-0.2, -0.15) is 0 Å². The van der Waals surface area contributed by atoms with Gasteiger partial charge < -0.3 is 10.2 Å². The zero-order valence-corrected chi connectivity index (χ0v) is 4.01. The molecule has 0 aromatic heterocycles. The summed E-state index contributed by atoms with van der Waals surface area (Å²) >= 11 is 0. The quantitative estimate of drug-likeness (QED) is 0.451. The van der Waals surface area contributed by atoms with Gasteiger partial charge in [-0.25, -0.2) is 4.79 Å². The van der Waals surface area contributed by atoms with E-state index in [-0.39, 0.29) is 0 Å². The number of hydrogen-bond donors (Lipinski definition) is 2. The normalized spacial score (nSPS) is 4.67. The maximum absolute atomic E-state index is 8.56. The third-order valence-corrected chi connectivity index (χ3v) is 0. The van der Waals surface area contributed by atoms with Crippen molar-refractivity contribution >= 4 is 21.3 Å². The Morgan fingerprint density at radius 3 is 1.50 bits per heavy atom. The third-order valence-electron chi connectivity index (χ3n) is 0. The van der Waals surface area contributed by atoms with Crippen LogP contribution in [-0.2, 0) is 0 Å². The molecule has 0 radical (unpaired) electrons. The highest BCUT2D eigenvalue weighted by Gasteiger charge is 1.70. The molecule has 3 nitrogen and oxygen atoms in total. The monoisotopic (exact) mass is 108 g/mol. The molecule has 4 heteroatoms. The Morgan fingerprint density at radius 1 is 1.50 bits per heavy atom. The second-order valence-corrected chi connectivity index (χ2v) is 0.283. The van der Waals surface area contributed by atoms with Crippen molar-refractivity contribution in [1.29, 1.82) is 0 Å². The topological polar surface area (TPSA) is 57.5 Å². The van der Waals surface area contributed by atoms with Crippen LogP contribution < -0.4 is 0 Å². The maximum Gasteiger partial charge on any atom is 0.503 e. The van der Waals surface area contributed by atoms with Crippen molar-refractivity contribution in [2.24, 2.45) is 0 Å². The van der Waals surface area contributed by atoms with Crippen LogP contribution in [-0.4, -0.2) is 22.7 Å². The average Bonchev–Trinajstić information content (AvgIpc) is 1.41. The largest absolute Gasteiger partial charge is 0.503 e. The Morgan fingerprint density at radius 2 is 1.50 bits per heavy atom. The van der Waals surface area contributed by atoms with E-state index in [1.165, 1.54) is 0 Å². The molecule has 0 fully saturated rings. The summed E-state index contributed by atoms with van der Waals surface area (Å²) in [6, 6.07) is 0. The van der Waals surface area contributed by atoms with Crippen LogP contribution in [0.3, 0.4) is 0 Å². The molecule has 0 aromatic carbocycles. The molecule has 6 heavy (non-hydrogen) atoms. The Hall–Kier alpha value is -0.560. The van der Waals surface area contributed by atoms with Gasteiger partial charge in [0.25, 0.3) is 0 Å². The van der Waals surface area contributed by atoms with Crippen LogP contribution in [0.1, 0.15) is 0 Å². The number of rotatable bonds is 0. The molecule has 0 spiro atoms. The van der Waals surface area contributed by atoms with E-state index in [1.54, 1.807) is 0 Å². The molecule has 0 heterocycles. The van der Waals surface area contributed by atoms with Crippen LogP contribution in [0.2, 0.25) is 0 Å². The first-order valence-electron chi connectivity index (χ1n) is 1.00. The smallest absolute Gasteiger partial charge is 0.450 e. The predicted octanol–water partition coefficient (Wildman–Crippen LogP) is 0.784. The second kappa shape index (κ2) is 8.83. The second-order valence-electron chi connectivity index (χ2n) is 0.283. The minimum absolute atomic E-state index is 1.83. The van der Waals surface area contributed by atoms with Crippen molar-refractivity contribution < 1.29 is 15.0 Å². The molecule has 2 N–H and O–H groups in total. The van der Waals surface area contributed by atoms with E-state index in [4.69, 9.17) is 15.0 Å². The van der Waals surface area contributed by atoms with Crippen LogP contribution in [0.25, 0.3) is 0 Å². The van der Waals surface area contributed by atoms with Crippen molar-refractivity contribution in [1.82, 2.24) is 0 Å². The highest BCUT2D eigenvalue weighted by molar-refractivity contribution is 7.15. The van der Waals surface area contributed by atoms with Gasteiger partial charge in [-0.05, 0) is 0 Å². The molecule has 0 amide bonds. The van der Waals surface area contributed by atoms with Gasteiger partial charge in [0.2, 0.25) is 0 Å². The first kappa shape index (κ1) is 9.06. The Labute approximate surface area is 37.4 Å². The summed E-state index contributed by atoms with van der Waals surface area (Å²) in [4.78, 5) is 8.56. The summed E-state index contributed by atoms with van der Waals surface area (Å²) in [5.41, 5.74) is 0. The lowest BCUT2D eigenvalue weighted by atomic mass is 11.5. The van der Waals surface area contributed by atoms with Crippen LogP contribution in [0.15, 0.2) is 0 Å². The molecule has 0 aliphatic heterocycles. The van der Waals surface area contributed by atoms with Gasteiger partial charge in [0, 0.05) is 0 Å². The molecule has 0 aliphatic carbocycles.